The summed E-state index contributed by atoms with van der Waals surface area (Å²) in [5.41, 5.74) is 1.38. The molecule has 0 radical (unpaired) electrons. The maximum absolute atomic E-state index is 13.7. The number of nitrogens with one attached hydrogen (secondary N) is 1. The predicted molar refractivity (Wildman–Crippen MR) is 144 cm³/mol. The van der Waals surface area contributed by atoms with Crippen molar-refractivity contribution in [2.75, 3.05) is 14.2 Å². The number of rotatable bonds is 8. The molecule has 4 aromatic rings. The lowest BCUT2D eigenvalue weighted by Crippen LogP contribution is -2.40. The van der Waals surface area contributed by atoms with Crippen molar-refractivity contribution in [3.8, 4) is 11.5 Å². The minimum Gasteiger partial charge on any atom is -0.493 e. The molecule has 0 saturated heterocycles. The van der Waals surface area contributed by atoms with Crippen LogP contribution in [0.2, 0.25) is 5.02 Å². The predicted octanol–water partition coefficient (Wildman–Crippen LogP) is 4.07. The highest BCUT2D eigenvalue weighted by Gasteiger charge is 2.18. The summed E-state index contributed by atoms with van der Waals surface area (Å²) in [5.74, 6) is 0.587. The van der Waals surface area contributed by atoms with E-state index in [1.54, 1.807) is 42.5 Å². The van der Waals surface area contributed by atoms with E-state index in [0.717, 1.165) is 5.56 Å². The smallest absolute Gasteiger partial charge is 0.332 e. The number of ether oxygens (including phenoxy) is 2. The minimum atomic E-state index is -0.494. The van der Waals surface area contributed by atoms with Gasteiger partial charge in [-0.05, 0) is 49.2 Å². The Morgan fingerprint density at radius 2 is 1.57 bits per heavy atom. The Morgan fingerprint density at radius 1 is 0.919 bits per heavy atom. The van der Waals surface area contributed by atoms with Crippen LogP contribution in [0.15, 0.2) is 70.3 Å². The van der Waals surface area contributed by atoms with E-state index in [0.29, 0.717) is 38.6 Å². The molecule has 0 bridgehead atoms. The van der Waals surface area contributed by atoms with E-state index in [4.69, 9.17) is 21.1 Å². The minimum absolute atomic E-state index is 0.00977. The van der Waals surface area contributed by atoms with Crippen molar-refractivity contribution in [3.05, 3.63) is 103 Å². The van der Waals surface area contributed by atoms with Crippen LogP contribution in [0.3, 0.4) is 0 Å². The third kappa shape index (κ3) is 5.39. The van der Waals surface area contributed by atoms with Gasteiger partial charge in [-0.15, -0.1) is 0 Å². The summed E-state index contributed by atoms with van der Waals surface area (Å²) in [6.07, 6.45) is 0. The van der Waals surface area contributed by atoms with Crippen LogP contribution in [-0.4, -0.2) is 35.3 Å². The number of amides is 1. The summed E-state index contributed by atoms with van der Waals surface area (Å²) in [4.78, 5) is 39.6. The summed E-state index contributed by atoms with van der Waals surface area (Å²) < 4.78 is 13.5. The molecule has 1 aromatic heterocycles. The normalized spacial score (nSPS) is 11.1. The molecule has 1 N–H and O–H groups in total. The molecule has 0 spiro atoms. The number of methoxy groups -OCH3 is 2. The molecule has 37 heavy (non-hydrogen) atoms. The molecular formula is C28H28ClN3O5. The van der Waals surface area contributed by atoms with Gasteiger partial charge in [-0.2, -0.15) is 0 Å². The molecule has 9 heteroatoms. The van der Waals surface area contributed by atoms with Crippen molar-refractivity contribution in [2.45, 2.75) is 33.0 Å². The van der Waals surface area contributed by atoms with Crippen LogP contribution in [0.25, 0.3) is 10.9 Å². The van der Waals surface area contributed by atoms with Gasteiger partial charge in [0.2, 0.25) is 0 Å². The van der Waals surface area contributed by atoms with Gasteiger partial charge in [-0.25, -0.2) is 4.79 Å². The van der Waals surface area contributed by atoms with E-state index >= 15 is 0 Å². The van der Waals surface area contributed by atoms with Crippen LogP contribution in [0.4, 0.5) is 0 Å². The lowest BCUT2D eigenvalue weighted by molar-refractivity contribution is 0.0943. The molecule has 192 valence electrons. The van der Waals surface area contributed by atoms with Crippen molar-refractivity contribution in [3.63, 3.8) is 0 Å². The third-order valence-electron chi connectivity index (χ3n) is 5.99. The molecule has 0 fully saturated rings. The summed E-state index contributed by atoms with van der Waals surface area (Å²) in [6.45, 7) is 3.95. The number of fused-ring (bicyclic) bond motifs is 1. The number of carbonyl (C=O) groups is 1. The van der Waals surface area contributed by atoms with Gasteiger partial charge < -0.3 is 14.8 Å². The van der Waals surface area contributed by atoms with Gasteiger partial charge in [-0.1, -0.05) is 41.9 Å². The highest BCUT2D eigenvalue weighted by molar-refractivity contribution is 6.31. The second-order valence-corrected chi connectivity index (χ2v) is 9.31. The molecule has 0 unspecified atom stereocenters. The molecule has 3 aromatic carbocycles. The molecule has 1 heterocycles. The number of aromatic nitrogens is 2. The summed E-state index contributed by atoms with van der Waals surface area (Å²) in [6, 6.07) is 17.3. The van der Waals surface area contributed by atoms with E-state index in [1.807, 2.05) is 32.0 Å². The first-order valence-corrected chi connectivity index (χ1v) is 12.1. The quantitative estimate of drug-likeness (QED) is 0.377. The van der Waals surface area contributed by atoms with Gasteiger partial charge in [0.15, 0.2) is 11.5 Å². The lowest BCUT2D eigenvalue weighted by Gasteiger charge is -2.17. The van der Waals surface area contributed by atoms with Crippen LogP contribution in [0, 0.1) is 0 Å². The Morgan fingerprint density at radius 3 is 2.19 bits per heavy atom. The topological polar surface area (TPSA) is 91.6 Å². The van der Waals surface area contributed by atoms with Crippen molar-refractivity contribution >= 4 is 28.4 Å². The molecule has 0 atom stereocenters. The summed E-state index contributed by atoms with van der Waals surface area (Å²) in [7, 11) is 2.98. The highest BCUT2D eigenvalue weighted by atomic mass is 35.5. The van der Waals surface area contributed by atoms with Gasteiger partial charge in [0.05, 0.1) is 38.2 Å². The first-order chi connectivity index (χ1) is 17.7. The molecular weight excluding hydrogens is 494 g/mol. The van der Waals surface area contributed by atoms with E-state index in [2.05, 4.69) is 5.32 Å². The molecule has 1 amide bonds. The number of benzene rings is 3. The van der Waals surface area contributed by atoms with E-state index in [9.17, 15) is 14.4 Å². The van der Waals surface area contributed by atoms with Crippen molar-refractivity contribution in [1.29, 1.82) is 0 Å². The SMILES string of the molecule is COc1cc2c(=O)n(Cc3ccc(C(=O)NC(C)C)cc3)c(=O)n(Cc3ccccc3Cl)c2cc1OC. The average Bonchev–Trinajstić information content (AvgIpc) is 2.89. The zero-order valence-electron chi connectivity index (χ0n) is 21.1. The number of carbonyl (C=O) groups excluding carboxylic acids is 1. The first kappa shape index (κ1) is 26.0. The van der Waals surface area contributed by atoms with Crippen molar-refractivity contribution in [2.24, 2.45) is 0 Å². The Kier molecular flexibility index (Phi) is 7.69. The van der Waals surface area contributed by atoms with Crippen LogP contribution in [0.5, 0.6) is 11.5 Å². The fourth-order valence-electron chi connectivity index (χ4n) is 4.12. The number of hydrogen-bond acceptors (Lipinski definition) is 5. The van der Waals surface area contributed by atoms with E-state index in [-0.39, 0.29) is 25.0 Å². The van der Waals surface area contributed by atoms with Crippen LogP contribution in [-0.2, 0) is 13.1 Å². The molecule has 8 nitrogen and oxygen atoms in total. The first-order valence-electron chi connectivity index (χ1n) is 11.8. The number of nitrogens with zero attached hydrogens (tertiary/aromatic N) is 2. The fourth-order valence-corrected chi connectivity index (χ4v) is 4.32. The molecule has 0 aliphatic carbocycles. The fraction of sp³-hybridized carbons (Fsp3) is 0.250. The third-order valence-corrected chi connectivity index (χ3v) is 6.36. The van der Waals surface area contributed by atoms with Gasteiger partial charge >= 0.3 is 5.69 Å². The van der Waals surface area contributed by atoms with Crippen LogP contribution in [0.1, 0.15) is 35.3 Å². The zero-order valence-corrected chi connectivity index (χ0v) is 21.8. The van der Waals surface area contributed by atoms with Crippen LogP contribution < -0.4 is 26.0 Å². The molecule has 0 saturated carbocycles. The monoisotopic (exact) mass is 521 g/mol. The maximum Gasteiger partial charge on any atom is 0.332 e. The molecule has 0 aliphatic heterocycles. The summed E-state index contributed by atoms with van der Waals surface area (Å²) >= 11 is 6.40. The van der Waals surface area contributed by atoms with Crippen molar-refractivity contribution < 1.29 is 14.3 Å². The zero-order chi connectivity index (χ0) is 26.7. The van der Waals surface area contributed by atoms with E-state index < -0.39 is 11.2 Å². The average molecular weight is 522 g/mol. The highest BCUT2D eigenvalue weighted by Crippen LogP contribution is 2.31. The Bertz CT molecular complexity index is 1570. The Labute approximate surface area is 219 Å². The van der Waals surface area contributed by atoms with Gasteiger partial charge in [0.25, 0.3) is 11.5 Å². The van der Waals surface area contributed by atoms with Gasteiger partial charge in [0, 0.05) is 22.7 Å². The molecule has 0 aliphatic rings. The van der Waals surface area contributed by atoms with Crippen molar-refractivity contribution in [1.82, 2.24) is 14.5 Å². The van der Waals surface area contributed by atoms with E-state index in [1.165, 1.54) is 23.4 Å². The molecule has 4 rings (SSSR count). The lowest BCUT2D eigenvalue weighted by atomic mass is 10.1. The number of hydrogen-bond donors (Lipinski definition) is 1. The van der Waals surface area contributed by atoms with Gasteiger partial charge in [-0.3, -0.25) is 18.7 Å². The second kappa shape index (κ2) is 10.9. The maximum atomic E-state index is 13.7. The number of halogens is 1. The Hall–Kier alpha value is -4.04. The summed E-state index contributed by atoms with van der Waals surface area (Å²) in [5, 5.41) is 3.65. The Balaban J connectivity index is 1.85. The van der Waals surface area contributed by atoms with Gasteiger partial charge in [0.1, 0.15) is 0 Å². The standard InChI is InChI=1S/C28H28ClN3O5/c1-17(2)30-26(33)19-11-9-18(10-12-19)15-32-27(34)21-13-24(36-3)25(37-4)14-23(21)31(28(32)35)16-20-7-5-6-8-22(20)29/h5-14,17H,15-16H2,1-4H3,(H,30,33). The van der Waals surface area contributed by atoms with Crippen LogP contribution >= 0.6 is 11.6 Å². The largest absolute Gasteiger partial charge is 0.493 e. The second-order valence-electron chi connectivity index (χ2n) is 8.90.